The number of anilines is 1. The van der Waals surface area contributed by atoms with Gasteiger partial charge in [-0.2, -0.15) is 5.10 Å². The highest BCUT2D eigenvalue weighted by Crippen LogP contribution is 2.38. The number of carbonyl (C=O) groups excluding carboxylic acids is 1. The number of nitrogens with one attached hydrogen (secondary N) is 1. The first kappa shape index (κ1) is 19.0. The van der Waals surface area contributed by atoms with Crippen molar-refractivity contribution in [3.8, 4) is 5.75 Å². The Labute approximate surface area is 180 Å². The van der Waals surface area contributed by atoms with E-state index in [0.717, 1.165) is 36.3 Å². The zero-order valence-electron chi connectivity index (χ0n) is 16.7. The van der Waals surface area contributed by atoms with Gasteiger partial charge in [-0.05, 0) is 38.3 Å². The molecule has 0 bridgehead atoms. The van der Waals surface area contributed by atoms with E-state index in [0.29, 0.717) is 11.4 Å². The third-order valence-corrected chi connectivity index (χ3v) is 6.57. The number of aryl methyl sites for hydroxylation is 1. The van der Waals surface area contributed by atoms with Gasteiger partial charge in [-0.15, -0.1) is 22.7 Å². The van der Waals surface area contributed by atoms with Gasteiger partial charge in [0.1, 0.15) is 5.75 Å². The molecule has 0 aliphatic rings. The molecule has 0 aliphatic heterocycles. The first-order valence-corrected chi connectivity index (χ1v) is 11.2. The first-order valence-electron chi connectivity index (χ1n) is 9.53. The van der Waals surface area contributed by atoms with Crippen LogP contribution in [-0.4, -0.2) is 32.3 Å². The van der Waals surface area contributed by atoms with Crippen LogP contribution in [-0.2, 0) is 4.79 Å². The monoisotopic (exact) mass is 437 g/mol. The molecule has 30 heavy (non-hydrogen) atoms. The van der Waals surface area contributed by atoms with Crippen molar-refractivity contribution in [2.45, 2.75) is 26.8 Å². The Morgan fingerprint density at radius 3 is 3.00 bits per heavy atom. The van der Waals surface area contributed by atoms with Gasteiger partial charge in [-0.3, -0.25) is 4.79 Å². The van der Waals surface area contributed by atoms with Gasteiger partial charge in [0, 0.05) is 22.9 Å². The van der Waals surface area contributed by atoms with E-state index >= 15 is 0 Å². The van der Waals surface area contributed by atoms with Crippen molar-refractivity contribution >= 4 is 65.6 Å². The second-order valence-corrected chi connectivity index (χ2v) is 9.43. The Morgan fingerprint density at radius 2 is 2.17 bits per heavy atom. The maximum absolute atomic E-state index is 12.5. The summed E-state index contributed by atoms with van der Waals surface area (Å²) < 4.78 is 9.89. The molecule has 0 atom stereocenters. The lowest BCUT2D eigenvalue weighted by atomic mass is 10.2. The number of carbonyl (C=O) groups is 1. The zero-order valence-corrected chi connectivity index (χ0v) is 18.3. The molecule has 152 valence electrons. The number of thiazole rings is 1. The van der Waals surface area contributed by atoms with Crippen molar-refractivity contribution in [3.63, 3.8) is 0 Å². The van der Waals surface area contributed by atoms with Gasteiger partial charge >= 0.3 is 0 Å². The van der Waals surface area contributed by atoms with Crippen molar-refractivity contribution in [2.24, 2.45) is 0 Å². The van der Waals surface area contributed by atoms with Crippen LogP contribution in [0.3, 0.4) is 0 Å². The Bertz CT molecular complexity index is 1400. The van der Waals surface area contributed by atoms with E-state index in [4.69, 9.17) is 4.74 Å². The van der Waals surface area contributed by atoms with E-state index in [9.17, 15) is 4.79 Å². The number of hydrogen-bond acceptors (Lipinski definition) is 7. The van der Waals surface area contributed by atoms with Gasteiger partial charge in [0.2, 0.25) is 0 Å². The lowest BCUT2D eigenvalue weighted by Crippen LogP contribution is -2.20. The van der Waals surface area contributed by atoms with Gasteiger partial charge in [-0.25, -0.2) is 14.6 Å². The van der Waals surface area contributed by atoms with Crippen LogP contribution in [0.5, 0.6) is 5.75 Å². The van der Waals surface area contributed by atoms with Crippen molar-refractivity contribution < 1.29 is 9.53 Å². The maximum atomic E-state index is 12.5. The van der Waals surface area contributed by atoms with Crippen LogP contribution in [0, 0.1) is 6.92 Å². The number of hydrogen-bond donors (Lipinski definition) is 1. The Hall–Kier alpha value is -3.04. The fourth-order valence-electron chi connectivity index (χ4n) is 3.43. The maximum Gasteiger partial charge on any atom is 0.262 e. The highest BCUT2D eigenvalue weighted by molar-refractivity contribution is 7.21. The number of pyridine rings is 1. The number of benzene rings is 1. The number of amides is 1. The minimum Gasteiger partial charge on any atom is -0.483 e. The molecule has 4 heterocycles. The molecule has 0 saturated heterocycles. The molecule has 1 N–H and O–H groups in total. The van der Waals surface area contributed by atoms with Crippen LogP contribution in [0.4, 0.5) is 5.69 Å². The molecule has 0 spiro atoms. The fourth-order valence-corrected chi connectivity index (χ4v) is 5.27. The third kappa shape index (κ3) is 3.29. The average molecular weight is 438 g/mol. The Kier molecular flexibility index (Phi) is 4.63. The first-order chi connectivity index (χ1) is 14.5. The quantitative estimate of drug-likeness (QED) is 0.411. The Balaban J connectivity index is 1.34. The molecule has 5 aromatic rings. The highest BCUT2D eigenvalue weighted by atomic mass is 32.1. The molecule has 0 aliphatic carbocycles. The van der Waals surface area contributed by atoms with Gasteiger partial charge in [0.15, 0.2) is 12.3 Å². The van der Waals surface area contributed by atoms with E-state index < -0.39 is 0 Å². The van der Waals surface area contributed by atoms with E-state index in [-0.39, 0.29) is 18.6 Å². The second kappa shape index (κ2) is 7.33. The summed E-state index contributed by atoms with van der Waals surface area (Å²) in [7, 11) is 0. The Morgan fingerprint density at radius 1 is 1.30 bits per heavy atom. The summed E-state index contributed by atoms with van der Waals surface area (Å²) in [5, 5.41) is 12.1. The molecular formula is C21H19N5O2S2. The predicted octanol–water partition coefficient (Wildman–Crippen LogP) is 5.16. The van der Waals surface area contributed by atoms with E-state index in [2.05, 4.69) is 34.2 Å². The van der Waals surface area contributed by atoms with Crippen molar-refractivity contribution in [3.05, 3.63) is 41.0 Å². The molecule has 7 nitrogen and oxygen atoms in total. The molecule has 0 radical (unpaired) electrons. The van der Waals surface area contributed by atoms with Crippen molar-refractivity contribution in [2.75, 3.05) is 11.9 Å². The van der Waals surface area contributed by atoms with Gasteiger partial charge in [0.25, 0.3) is 5.91 Å². The average Bonchev–Trinajstić information content (AvgIpc) is 3.42. The number of nitrogens with zero attached hydrogens (tertiary/aromatic N) is 4. The van der Waals surface area contributed by atoms with Crippen molar-refractivity contribution in [1.29, 1.82) is 0 Å². The van der Waals surface area contributed by atoms with E-state index in [1.165, 1.54) is 0 Å². The largest absolute Gasteiger partial charge is 0.483 e. The molecule has 0 fully saturated rings. The van der Waals surface area contributed by atoms with Crippen LogP contribution in [0.25, 0.3) is 31.3 Å². The lowest BCUT2D eigenvalue weighted by Gasteiger charge is -2.09. The zero-order chi connectivity index (χ0) is 20.8. The summed E-state index contributed by atoms with van der Waals surface area (Å²) in [6.45, 7) is 6.01. The summed E-state index contributed by atoms with van der Waals surface area (Å²) in [5.41, 5.74) is 2.42. The van der Waals surface area contributed by atoms with E-state index in [1.54, 1.807) is 35.1 Å². The number of fused-ring (bicyclic) bond motifs is 4. The van der Waals surface area contributed by atoms with Crippen molar-refractivity contribution in [1.82, 2.24) is 19.7 Å². The number of thiophene rings is 1. The minimum atomic E-state index is -0.239. The topological polar surface area (TPSA) is 81.9 Å². The van der Waals surface area contributed by atoms with Gasteiger partial charge in [-0.1, -0.05) is 0 Å². The fraction of sp³-hybridized carbons (Fsp3) is 0.238. The molecule has 1 aromatic carbocycles. The molecule has 9 heteroatoms. The van der Waals surface area contributed by atoms with Crippen LogP contribution in [0.2, 0.25) is 0 Å². The van der Waals surface area contributed by atoms with Gasteiger partial charge in [0.05, 0.1) is 38.0 Å². The summed E-state index contributed by atoms with van der Waals surface area (Å²) in [6, 6.07) is 6.06. The van der Waals surface area contributed by atoms with Crippen LogP contribution in [0.15, 0.2) is 36.0 Å². The highest BCUT2D eigenvalue weighted by Gasteiger charge is 2.14. The van der Waals surface area contributed by atoms with E-state index in [1.807, 2.05) is 35.2 Å². The van der Waals surface area contributed by atoms with Crippen LogP contribution in [0.1, 0.15) is 24.9 Å². The molecule has 1 amide bonds. The summed E-state index contributed by atoms with van der Waals surface area (Å²) >= 11 is 3.26. The summed E-state index contributed by atoms with van der Waals surface area (Å²) in [5.74, 6) is 0.459. The van der Waals surface area contributed by atoms with Gasteiger partial charge < -0.3 is 10.1 Å². The minimum absolute atomic E-state index is 0.0858. The molecule has 0 saturated carbocycles. The molecule has 0 unspecified atom stereocenters. The number of ether oxygens (including phenoxy) is 1. The molecule has 5 rings (SSSR count). The summed E-state index contributed by atoms with van der Waals surface area (Å²) in [4.78, 5) is 21.6. The lowest BCUT2D eigenvalue weighted by molar-refractivity contribution is -0.118. The normalized spacial score (nSPS) is 11.7. The van der Waals surface area contributed by atoms with Crippen LogP contribution >= 0.6 is 22.7 Å². The molecular weight excluding hydrogens is 418 g/mol. The molecule has 4 aromatic heterocycles. The summed E-state index contributed by atoms with van der Waals surface area (Å²) in [6.07, 6.45) is 3.40. The predicted molar refractivity (Wildman–Crippen MR) is 122 cm³/mol. The van der Waals surface area contributed by atoms with Crippen LogP contribution < -0.4 is 10.1 Å². The SMILES string of the molecule is Cc1nc2c(cc(OCC(=O)Nc3cnc4c(cnn4C(C)C)c3)c3ccsc32)s1. The standard InChI is InChI=1S/C21H19N5O2S2/c1-11(2)26-21-13(8-23-26)6-14(9-22-21)25-18(27)10-28-16-7-17-19(24-12(3)30-17)20-15(16)4-5-29-20/h4-9,11H,10H2,1-3H3,(H,25,27). The number of rotatable bonds is 5. The smallest absolute Gasteiger partial charge is 0.262 e. The third-order valence-electron chi connectivity index (χ3n) is 4.73. The second-order valence-electron chi connectivity index (χ2n) is 7.27. The number of aromatic nitrogens is 4.